The average molecular weight is 209 g/mol. The molecule has 82 valence electrons. The van der Waals surface area contributed by atoms with E-state index >= 15 is 0 Å². The zero-order valence-electron chi connectivity index (χ0n) is 9.03. The summed E-state index contributed by atoms with van der Waals surface area (Å²) in [5.74, 6) is -0.290. The van der Waals surface area contributed by atoms with E-state index in [-0.39, 0.29) is 17.5 Å². The van der Waals surface area contributed by atoms with Crippen molar-refractivity contribution >= 4 is 5.78 Å². The van der Waals surface area contributed by atoms with Crippen molar-refractivity contribution in [3.05, 3.63) is 35.6 Å². The zero-order valence-corrected chi connectivity index (χ0v) is 9.03. The first kappa shape index (κ1) is 11.9. The first-order valence-electron chi connectivity index (χ1n) is 5.04. The molecule has 1 atom stereocenters. The van der Waals surface area contributed by atoms with Crippen LogP contribution in [-0.2, 0) is 11.2 Å². The molecule has 0 saturated carbocycles. The summed E-state index contributed by atoms with van der Waals surface area (Å²) in [7, 11) is 0. The number of Topliss-reactive ketones (excluding diaryl/α,β-unsaturated/α-hetero) is 1. The number of carbonyl (C=O) groups is 1. The van der Waals surface area contributed by atoms with Gasteiger partial charge in [0.2, 0.25) is 0 Å². The van der Waals surface area contributed by atoms with Crippen LogP contribution in [0.5, 0.6) is 0 Å². The van der Waals surface area contributed by atoms with E-state index in [9.17, 15) is 9.18 Å². The van der Waals surface area contributed by atoms with Gasteiger partial charge in [0, 0.05) is 5.92 Å². The molecule has 0 radical (unpaired) electrons. The molecule has 0 aliphatic carbocycles. The van der Waals surface area contributed by atoms with Gasteiger partial charge in [-0.2, -0.15) is 0 Å². The minimum Gasteiger partial charge on any atom is -0.321 e. The van der Waals surface area contributed by atoms with Crippen LogP contribution in [-0.4, -0.2) is 11.8 Å². The topological polar surface area (TPSA) is 43.1 Å². The lowest BCUT2D eigenvalue weighted by molar-refractivity contribution is -0.123. The number of nitrogens with two attached hydrogens (primary N) is 1. The zero-order chi connectivity index (χ0) is 11.4. The van der Waals surface area contributed by atoms with Gasteiger partial charge in [-0.05, 0) is 24.1 Å². The highest BCUT2D eigenvalue weighted by Gasteiger charge is 2.16. The van der Waals surface area contributed by atoms with E-state index < -0.39 is 6.04 Å². The molecule has 0 aromatic heterocycles. The van der Waals surface area contributed by atoms with Crippen molar-refractivity contribution in [2.75, 3.05) is 0 Å². The van der Waals surface area contributed by atoms with E-state index in [1.165, 1.54) is 12.1 Å². The molecule has 2 N–H and O–H groups in total. The molecule has 15 heavy (non-hydrogen) atoms. The van der Waals surface area contributed by atoms with Crippen molar-refractivity contribution < 1.29 is 9.18 Å². The third-order valence-electron chi connectivity index (χ3n) is 2.30. The Kier molecular flexibility index (Phi) is 3.97. The number of halogens is 1. The molecule has 0 heterocycles. The van der Waals surface area contributed by atoms with Crippen LogP contribution in [0.2, 0.25) is 0 Å². The van der Waals surface area contributed by atoms with E-state index in [4.69, 9.17) is 5.73 Å². The molecule has 0 spiro atoms. The smallest absolute Gasteiger partial charge is 0.152 e. The van der Waals surface area contributed by atoms with E-state index in [1.807, 2.05) is 13.8 Å². The Morgan fingerprint density at radius 2 is 1.87 bits per heavy atom. The van der Waals surface area contributed by atoms with Crippen molar-refractivity contribution in [3.8, 4) is 0 Å². The van der Waals surface area contributed by atoms with Gasteiger partial charge in [-0.3, -0.25) is 4.79 Å². The highest BCUT2D eigenvalue weighted by Crippen LogP contribution is 2.07. The first-order valence-corrected chi connectivity index (χ1v) is 5.04. The molecule has 0 fully saturated rings. The van der Waals surface area contributed by atoms with E-state index in [0.717, 1.165) is 5.56 Å². The molecule has 1 aromatic rings. The van der Waals surface area contributed by atoms with Gasteiger partial charge in [-0.15, -0.1) is 0 Å². The first-order chi connectivity index (χ1) is 7.00. The SMILES string of the molecule is CC(C)C(=O)[C@H](N)Cc1ccc(F)cc1. The maximum Gasteiger partial charge on any atom is 0.152 e. The maximum atomic E-state index is 12.6. The van der Waals surface area contributed by atoms with Crippen molar-refractivity contribution in [1.29, 1.82) is 0 Å². The number of hydrogen-bond donors (Lipinski definition) is 1. The van der Waals surface area contributed by atoms with Gasteiger partial charge in [-0.25, -0.2) is 4.39 Å². The van der Waals surface area contributed by atoms with Crippen LogP contribution in [0.15, 0.2) is 24.3 Å². The van der Waals surface area contributed by atoms with E-state index in [2.05, 4.69) is 0 Å². The lowest BCUT2D eigenvalue weighted by atomic mass is 9.97. The minimum absolute atomic E-state index is 0.0410. The van der Waals surface area contributed by atoms with Gasteiger partial charge < -0.3 is 5.73 Å². The molecule has 0 saturated heterocycles. The van der Waals surface area contributed by atoms with E-state index in [1.54, 1.807) is 12.1 Å². The van der Waals surface area contributed by atoms with Gasteiger partial charge in [0.05, 0.1) is 6.04 Å². The number of hydrogen-bond acceptors (Lipinski definition) is 2. The van der Waals surface area contributed by atoms with Crippen LogP contribution in [0, 0.1) is 11.7 Å². The predicted molar refractivity (Wildman–Crippen MR) is 57.9 cm³/mol. The van der Waals surface area contributed by atoms with Crippen LogP contribution in [0.3, 0.4) is 0 Å². The Morgan fingerprint density at radius 1 is 1.33 bits per heavy atom. The van der Waals surface area contributed by atoms with Crippen molar-refractivity contribution in [2.45, 2.75) is 26.3 Å². The fraction of sp³-hybridized carbons (Fsp3) is 0.417. The van der Waals surface area contributed by atoms with Crippen molar-refractivity contribution in [1.82, 2.24) is 0 Å². The molecule has 0 aliphatic heterocycles. The van der Waals surface area contributed by atoms with Gasteiger partial charge in [0.15, 0.2) is 5.78 Å². The van der Waals surface area contributed by atoms with Gasteiger partial charge in [-0.1, -0.05) is 26.0 Å². The molecular weight excluding hydrogens is 193 g/mol. The monoisotopic (exact) mass is 209 g/mol. The third kappa shape index (κ3) is 3.44. The summed E-state index contributed by atoms with van der Waals surface area (Å²) in [6.07, 6.45) is 0.470. The molecule has 0 aliphatic rings. The molecule has 0 unspecified atom stereocenters. The summed E-state index contributed by atoms with van der Waals surface area (Å²) < 4.78 is 12.6. The second-order valence-electron chi connectivity index (χ2n) is 3.99. The normalized spacial score (nSPS) is 12.9. The second-order valence-corrected chi connectivity index (χ2v) is 3.99. The molecule has 3 heteroatoms. The van der Waals surface area contributed by atoms with Crippen molar-refractivity contribution in [3.63, 3.8) is 0 Å². The Labute approximate surface area is 89.3 Å². The summed E-state index contributed by atoms with van der Waals surface area (Å²) in [4.78, 5) is 11.5. The molecule has 0 amide bonds. The van der Waals surface area contributed by atoms with Crippen molar-refractivity contribution in [2.24, 2.45) is 11.7 Å². The lowest BCUT2D eigenvalue weighted by Gasteiger charge is -2.12. The Bertz CT molecular complexity index is 332. The number of rotatable bonds is 4. The summed E-state index contributed by atoms with van der Waals surface area (Å²) in [6.45, 7) is 3.65. The van der Waals surface area contributed by atoms with E-state index in [0.29, 0.717) is 6.42 Å². The molecule has 1 aromatic carbocycles. The highest BCUT2D eigenvalue weighted by molar-refractivity contribution is 5.85. The third-order valence-corrected chi connectivity index (χ3v) is 2.30. The fourth-order valence-corrected chi connectivity index (χ4v) is 1.40. The highest BCUT2D eigenvalue weighted by atomic mass is 19.1. The predicted octanol–water partition coefficient (Wildman–Crippen LogP) is 1.92. The van der Waals surface area contributed by atoms with Crippen LogP contribution in [0.1, 0.15) is 19.4 Å². The second kappa shape index (κ2) is 5.03. The van der Waals surface area contributed by atoms with Gasteiger partial charge in [0.25, 0.3) is 0 Å². The number of ketones is 1. The lowest BCUT2D eigenvalue weighted by Crippen LogP contribution is -2.35. The van der Waals surface area contributed by atoms with Crippen LogP contribution in [0.4, 0.5) is 4.39 Å². The maximum absolute atomic E-state index is 12.6. The summed E-state index contributed by atoms with van der Waals surface area (Å²) >= 11 is 0. The van der Waals surface area contributed by atoms with Crippen LogP contribution in [0.25, 0.3) is 0 Å². The van der Waals surface area contributed by atoms with Crippen LogP contribution >= 0.6 is 0 Å². The summed E-state index contributed by atoms with van der Waals surface area (Å²) in [6, 6.07) is 5.57. The largest absolute Gasteiger partial charge is 0.321 e. The summed E-state index contributed by atoms with van der Waals surface area (Å²) in [5, 5.41) is 0. The Balaban J connectivity index is 2.62. The minimum atomic E-state index is -0.490. The van der Waals surface area contributed by atoms with Gasteiger partial charge in [0.1, 0.15) is 5.82 Å². The average Bonchev–Trinajstić information content (AvgIpc) is 2.20. The summed E-state index contributed by atoms with van der Waals surface area (Å²) in [5.41, 5.74) is 6.63. The molecule has 0 bridgehead atoms. The Hall–Kier alpha value is -1.22. The molecular formula is C12H16FNO. The van der Waals surface area contributed by atoms with Gasteiger partial charge >= 0.3 is 0 Å². The molecule has 1 rings (SSSR count). The van der Waals surface area contributed by atoms with Crippen LogP contribution < -0.4 is 5.73 Å². The standard InChI is InChI=1S/C12H16FNO/c1-8(2)12(15)11(14)7-9-3-5-10(13)6-4-9/h3-6,8,11H,7,14H2,1-2H3/t11-/m1/s1. The Morgan fingerprint density at radius 3 is 2.33 bits per heavy atom. The molecule has 2 nitrogen and oxygen atoms in total. The fourth-order valence-electron chi connectivity index (χ4n) is 1.40. The number of benzene rings is 1. The number of carbonyl (C=O) groups excluding carboxylic acids is 1. The quantitative estimate of drug-likeness (QED) is 0.823.